The number of nitrogens with one attached hydrogen (secondary N) is 2. The molecule has 18 heavy (non-hydrogen) atoms. The summed E-state index contributed by atoms with van der Waals surface area (Å²) in [5, 5.41) is 6.44. The van der Waals surface area contributed by atoms with Crippen molar-refractivity contribution in [1.82, 2.24) is 10.6 Å². The lowest BCUT2D eigenvalue weighted by Crippen LogP contribution is -2.61. The van der Waals surface area contributed by atoms with E-state index in [4.69, 9.17) is 4.74 Å². The summed E-state index contributed by atoms with van der Waals surface area (Å²) >= 11 is 0. The summed E-state index contributed by atoms with van der Waals surface area (Å²) in [4.78, 5) is 11.9. The van der Waals surface area contributed by atoms with Crippen molar-refractivity contribution in [3.8, 4) is 0 Å². The van der Waals surface area contributed by atoms with Crippen LogP contribution in [0.2, 0.25) is 0 Å². The summed E-state index contributed by atoms with van der Waals surface area (Å²) < 4.78 is 5.39. The lowest BCUT2D eigenvalue weighted by molar-refractivity contribution is -0.133. The van der Waals surface area contributed by atoms with Gasteiger partial charge in [-0.3, -0.25) is 4.79 Å². The molecule has 0 aromatic carbocycles. The van der Waals surface area contributed by atoms with E-state index >= 15 is 0 Å². The summed E-state index contributed by atoms with van der Waals surface area (Å²) in [5.41, 5.74) is 0.0678. The van der Waals surface area contributed by atoms with E-state index in [1.54, 1.807) is 7.11 Å². The zero-order chi connectivity index (χ0) is 12.5. The van der Waals surface area contributed by atoms with Crippen molar-refractivity contribution in [3.05, 3.63) is 0 Å². The van der Waals surface area contributed by atoms with Crippen LogP contribution in [0.4, 0.5) is 0 Å². The van der Waals surface area contributed by atoms with Crippen molar-refractivity contribution < 1.29 is 9.53 Å². The highest BCUT2D eigenvalue weighted by atomic mass is 35.5. The molecule has 1 aliphatic carbocycles. The maximum absolute atomic E-state index is 11.9. The van der Waals surface area contributed by atoms with Crippen LogP contribution in [0, 0.1) is 11.3 Å². The summed E-state index contributed by atoms with van der Waals surface area (Å²) in [6.45, 7) is 6.36. The fourth-order valence-corrected chi connectivity index (χ4v) is 2.93. The molecule has 1 heterocycles. The predicted octanol–water partition coefficient (Wildman–Crippen LogP) is 1.34. The number of methoxy groups -OCH3 is 1. The van der Waals surface area contributed by atoms with E-state index in [2.05, 4.69) is 24.5 Å². The molecule has 5 heteroatoms. The monoisotopic (exact) mass is 276 g/mol. The van der Waals surface area contributed by atoms with Crippen LogP contribution in [0.1, 0.15) is 33.1 Å². The van der Waals surface area contributed by atoms with Crippen LogP contribution in [-0.4, -0.2) is 38.3 Å². The average Bonchev–Trinajstić information content (AvgIpc) is 2.76. The third kappa shape index (κ3) is 3.16. The van der Waals surface area contributed by atoms with Gasteiger partial charge >= 0.3 is 0 Å². The van der Waals surface area contributed by atoms with E-state index in [0.29, 0.717) is 12.3 Å². The van der Waals surface area contributed by atoms with E-state index in [9.17, 15) is 4.79 Å². The minimum atomic E-state index is 0. The number of halogens is 1. The number of ether oxygens (including phenoxy) is 1. The maximum Gasteiger partial charge on any atom is 0.220 e. The molecule has 1 saturated carbocycles. The Kier molecular flexibility index (Phi) is 5.44. The van der Waals surface area contributed by atoms with Gasteiger partial charge in [0.15, 0.2) is 0 Å². The minimum Gasteiger partial charge on any atom is -0.381 e. The van der Waals surface area contributed by atoms with Crippen LogP contribution in [0.25, 0.3) is 0 Å². The van der Waals surface area contributed by atoms with Gasteiger partial charge in [0.2, 0.25) is 5.91 Å². The molecule has 2 rings (SSSR count). The second-order valence-electron chi connectivity index (χ2n) is 5.96. The molecule has 0 aromatic rings. The maximum atomic E-state index is 11.9. The third-order valence-electron chi connectivity index (χ3n) is 4.43. The van der Waals surface area contributed by atoms with E-state index < -0.39 is 0 Å². The van der Waals surface area contributed by atoms with Gasteiger partial charge in [-0.1, -0.05) is 13.8 Å². The minimum absolute atomic E-state index is 0. The average molecular weight is 277 g/mol. The van der Waals surface area contributed by atoms with Gasteiger partial charge in [0.1, 0.15) is 0 Å². The topological polar surface area (TPSA) is 50.4 Å². The lowest BCUT2D eigenvalue weighted by Gasteiger charge is -2.51. The van der Waals surface area contributed by atoms with E-state index in [1.807, 2.05) is 0 Å². The van der Waals surface area contributed by atoms with Crippen molar-refractivity contribution in [2.75, 3.05) is 20.2 Å². The van der Waals surface area contributed by atoms with Gasteiger partial charge in [0.25, 0.3) is 0 Å². The van der Waals surface area contributed by atoms with Gasteiger partial charge in [-0.25, -0.2) is 0 Å². The second-order valence-corrected chi connectivity index (χ2v) is 5.96. The van der Waals surface area contributed by atoms with Crippen LogP contribution in [0.15, 0.2) is 0 Å². The van der Waals surface area contributed by atoms with Crippen LogP contribution < -0.4 is 10.6 Å². The van der Waals surface area contributed by atoms with E-state index in [1.165, 1.54) is 0 Å². The molecule has 4 nitrogen and oxygen atoms in total. The molecule has 3 unspecified atom stereocenters. The van der Waals surface area contributed by atoms with Gasteiger partial charge in [0.05, 0.1) is 6.10 Å². The number of carbonyl (C=O) groups excluding carboxylic acids is 1. The Morgan fingerprint density at radius 3 is 2.72 bits per heavy atom. The van der Waals surface area contributed by atoms with Crippen LogP contribution >= 0.6 is 12.4 Å². The molecule has 1 saturated heterocycles. The Hall–Kier alpha value is -0.320. The quantitative estimate of drug-likeness (QED) is 0.815. The van der Waals surface area contributed by atoms with Crippen LogP contribution in [0.3, 0.4) is 0 Å². The normalized spacial score (nSPS) is 33.4. The van der Waals surface area contributed by atoms with Crippen molar-refractivity contribution in [2.24, 2.45) is 11.3 Å². The fraction of sp³-hybridized carbons (Fsp3) is 0.923. The zero-order valence-corrected chi connectivity index (χ0v) is 12.3. The molecule has 1 aliphatic heterocycles. The Morgan fingerprint density at radius 2 is 2.22 bits per heavy atom. The first-order valence-electron chi connectivity index (χ1n) is 6.57. The largest absolute Gasteiger partial charge is 0.381 e. The molecule has 2 aliphatic rings. The highest BCUT2D eigenvalue weighted by Crippen LogP contribution is 2.42. The summed E-state index contributed by atoms with van der Waals surface area (Å²) in [6.07, 6.45) is 3.01. The number of hydrogen-bond acceptors (Lipinski definition) is 3. The van der Waals surface area contributed by atoms with Crippen molar-refractivity contribution in [3.63, 3.8) is 0 Å². The number of carbonyl (C=O) groups is 1. The Bertz CT molecular complexity index is 291. The molecule has 0 spiro atoms. The predicted molar refractivity (Wildman–Crippen MR) is 74.0 cm³/mol. The highest BCUT2D eigenvalue weighted by Gasteiger charge is 2.49. The lowest BCUT2D eigenvalue weighted by atomic mass is 9.64. The number of hydrogen-bond donors (Lipinski definition) is 2. The molecule has 3 atom stereocenters. The molecule has 1 amide bonds. The molecule has 0 radical (unpaired) electrons. The standard InChI is InChI=1S/C13H24N2O2.ClH/c1-13(2)10(7-11(13)17-3)15-12(16)6-9-4-5-14-8-9;/h9-11,14H,4-8H2,1-3H3,(H,15,16);1H. The van der Waals surface area contributed by atoms with Crippen molar-refractivity contribution >= 4 is 18.3 Å². The third-order valence-corrected chi connectivity index (χ3v) is 4.43. The van der Waals surface area contributed by atoms with Crippen LogP contribution in [-0.2, 0) is 9.53 Å². The molecule has 106 valence electrons. The molecular formula is C13H25ClN2O2. The summed E-state index contributed by atoms with van der Waals surface area (Å²) in [5.74, 6) is 0.725. The van der Waals surface area contributed by atoms with Crippen molar-refractivity contribution in [1.29, 1.82) is 0 Å². The smallest absolute Gasteiger partial charge is 0.220 e. The second kappa shape index (κ2) is 6.22. The fourth-order valence-electron chi connectivity index (χ4n) is 2.93. The van der Waals surface area contributed by atoms with Crippen LogP contribution in [0.5, 0.6) is 0 Å². The van der Waals surface area contributed by atoms with Gasteiger partial charge in [-0.05, 0) is 31.8 Å². The Morgan fingerprint density at radius 1 is 1.50 bits per heavy atom. The molecule has 0 aromatic heterocycles. The van der Waals surface area contributed by atoms with Gasteiger partial charge in [0, 0.05) is 25.0 Å². The Labute approximate surface area is 116 Å². The first-order valence-corrected chi connectivity index (χ1v) is 6.57. The zero-order valence-electron chi connectivity index (χ0n) is 11.5. The molecule has 0 bridgehead atoms. The van der Waals surface area contributed by atoms with E-state index in [0.717, 1.165) is 25.9 Å². The summed E-state index contributed by atoms with van der Waals surface area (Å²) in [7, 11) is 1.74. The highest BCUT2D eigenvalue weighted by molar-refractivity contribution is 5.85. The molecular weight excluding hydrogens is 252 g/mol. The van der Waals surface area contributed by atoms with Gasteiger partial charge in [-0.15, -0.1) is 12.4 Å². The SMILES string of the molecule is COC1CC(NC(=O)CC2CCNC2)C1(C)C.Cl. The first kappa shape index (κ1) is 15.7. The number of rotatable bonds is 4. The molecule has 2 fully saturated rings. The van der Waals surface area contributed by atoms with Crippen molar-refractivity contribution in [2.45, 2.75) is 45.3 Å². The Balaban J connectivity index is 0.00000162. The number of amides is 1. The first-order chi connectivity index (χ1) is 8.04. The van der Waals surface area contributed by atoms with Gasteiger partial charge < -0.3 is 15.4 Å². The molecule has 2 N–H and O–H groups in total. The van der Waals surface area contributed by atoms with E-state index in [-0.39, 0.29) is 35.9 Å². The van der Waals surface area contributed by atoms with Gasteiger partial charge in [-0.2, -0.15) is 0 Å². The summed E-state index contributed by atoms with van der Waals surface area (Å²) in [6, 6.07) is 0.273.